The molecule has 27 heavy (non-hydrogen) atoms. The van der Waals surface area contributed by atoms with Gasteiger partial charge < -0.3 is 14.6 Å². The molecule has 1 heterocycles. The molecule has 1 aromatic carbocycles. The average molecular weight is 424 g/mol. The molecular formula is C15H10Cl2F3N3O4. The van der Waals surface area contributed by atoms with Crippen LogP contribution in [0.5, 0.6) is 17.4 Å². The molecule has 0 saturated heterocycles. The smallest absolute Gasteiger partial charge is 0.436 e. The first-order valence-electron chi connectivity index (χ1n) is 7.06. The maximum Gasteiger partial charge on any atom is 0.436 e. The summed E-state index contributed by atoms with van der Waals surface area (Å²) in [5, 5.41) is 21.1. The minimum Gasteiger partial charge on any atom is -0.479 e. The molecule has 0 aliphatic rings. The largest absolute Gasteiger partial charge is 0.479 e. The van der Waals surface area contributed by atoms with Crippen molar-refractivity contribution in [3.63, 3.8) is 0 Å². The third-order valence-electron chi connectivity index (χ3n) is 3.22. The molecule has 1 atom stereocenters. The van der Waals surface area contributed by atoms with Crippen LogP contribution in [0, 0.1) is 11.3 Å². The van der Waals surface area contributed by atoms with Gasteiger partial charge in [0.25, 0.3) is 0 Å². The van der Waals surface area contributed by atoms with Crippen LogP contribution in [-0.2, 0) is 18.0 Å². The lowest BCUT2D eigenvalue weighted by Crippen LogP contribution is -2.23. The van der Waals surface area contributed by atoms with E-state index in [4.69, 9.17) is 43.0 Å². The second-order valence-corrected chi connectivity index (χ2v) is 5.99. The summed E-state index contributed by atoms with van der Waals surface area (Å²) in [6.45, 7) is 1.25. The highest BCUT2D eigenvalue weighted by Crippen LogP contribution is 2.41. The van der Waals surface area contributed by atoms with Crippen LogP contribution in [0.2, 0.25) is 10.0 Å². The number of nitriles is 1. The number of nitrogens with zero attached hydrogens (tertiary/aromatic N) is 3. The molecular weight excluding hydrogens is 414 g/mol. The van der Waals surface area contributed by atoms with Gasteiger partial charge in [0.1, 0.15) is 17.4 Å². The maximum atomic E-state index is 13.0. The zero-order valence-electron chi connectivity index (χ0n) is 13.6. The van der Waals surface area contributed by atoms with Gasteiger partial charge in [-0.05, 0) is 13.0 Å². The summed E-state index contributed by atoms with van der Waals surface area (Å²) in [6, 6.07) is 3.66. The van der Waals surface area contributed by atoms with Crippen LogP contribution in [0.3, 0.4) is 0 Å². The van der Waals surface area contributed by atoms with Gasteiger partial charge in [-0.2, -0.15) is 23.5 Å². The maximum absolute atomic E-state index is 13.0. The molecule has 0 fully saturated rings. The Labute approximate surface area is 160 Å². The van der Waals surface area contributed by atoms with E-state index < -0.39 is 35.4 Å². The van der Waals surface area contributed by atoms with Gasteiger partial charge in [0, 0.05) is 13.1 Å². The third-order valence-corrected chi connectivity index (χ3v) is 3.81. The minimum atomic E-state index is -4.86. The average Bonchev–Trinajstić information content (AvgIpc) is 2.87. The summed E-state index contributed by atoms with van der Waals surface area (Å²) >= 11 is 11.9. The van der Waals surface area contributed by atoms with Gasteiger partial charge in [0.2, 0.25) is 5.88 Å². The lowest BCUT2D eigenvalue weighted by Gasteiger charge is -2.14. The zero-order chi connectivity index (χ0) is 20.5. The van der Waals surface area contributed by atoms with E-state index in [0.29, 0.717) is 0 Å². The van der Waals surface area contributed by atoms with Crippen molar-refractivity contribution in [2.24, 2.45) is 7.05 Å². The Morgan fingerprint density at radius 2 is 1.93 bits per heavy atom. The summed E-state index contributed by atoms with van der Waals surface area (Å²) in [6.07, 6.45) is -6.13. The topological polar surface area (TPSA) is 97.4 Å². The molecule has 1 N–H and O–H groups in total. The molecule has 0 amide bonds. The normalized spacial score (nSPS) is 12.4. The number of benzene rings is 1. The molecule has 144 valence electrons. The van der Waals surface area contributed by atoms with Gasteiger partial charge in [-0.3, -0.25) is 0 Å². The van der Waals surface area contributed by atoms with E-state index in [1.54, 1.807) is 0 Å². The highest BCUT2D eigenvalue weighted by atomic mass is 35.5. The Morgan fingerprint density at radius 1 is 1.33 bits per heavy atom. The quantitative estimate of drug-likeness (QED) is 0.771. The van der Waals surface area contributed by atoms with Crippen molar-refractivity contribution in [1.29, 1.82) is 5.26 Å². The number of aromatic nitrogens is 2. The van der Waals surface area contributed by atoms with Crippen molar-refractivity contribution in [2.45, 2.75) is 19.2 Å². The van der Waals surface area contributed by atoms with Gasteiger partial charge in [-0.1, -0.05) is 23.2 Å². The summed E-state index contributed by atoms with van der Waals surface area (Å²) < 4.78 is 50.2. The van der Waals surface area contributed by atoms with E-state index in [-0.39, 0.29) is 21.5 Å². The molecule has 0 spiro atoms. The number of alkyl halides is 3. The van der Waals surface area contributed by atoms with Gasteiger partial charge >= 0.3 is 12.1 Å². The summed E-state index contributed by atoms with van der Waals surface area (Å²) in [5.74, 6) is -2.10. The molecule has 2 aromatic rings. The van der Waals surface area contributed by atoms with Gasteiger partial charge in [-0.15, -0.1) is 0 Å². The first-order valence-corrected chi connectivity index (χ1v) is 7.82. The number of carboxylic acids is 1. The monoisotopic (exact) mass is 423 g/mol. The van der Waals surface area contributed by atoms with E-state index in [9.17, 15) is 18.0 Å². The van der Waals surface area contributed by atoms with Crippen LogP contribution in [0.1, 0.15) is 18.2 Å². The highest BCUT2D eigenvalue weighted by Gasteiger charge is 2.40. The fourth-order valence-corrected chi connectivity index (χ4v) is 2.42. The molecule has 1 aromatic heterocycles. The number of hydrogen-bond acceptors (Lipinski definition) is 5. The number of rotatable bonds is 5. The molecule has 0 radical (unpaired) electrons. The van der Waals surface area contributed by atoms with E-state index in [1.807, 2.05) is 0 Å². The molecule has 7 nitrogen and oxygen atoms in total. The predicted octanol–water partition coefficient (Wildman–Crippen LogP) is 4.26. The van der Waals surface area contributed by atoms with Gasteiger partial charge in [-0.25, -0.2) is 9.48 Å². The summed E-state index contributed by atoms with van der Waals surface area (Å²) in [7, 11) is 1.15. The van der Waals surface area contributed by atoms with E-state index >= 15 is 0 Å². The number of ether oxygens (including phenoxy) is 2. The Hall–Kier alpha value is -2.64. The number of halogens is 5. The number of aliphatic carboxylic acids is 1. The SMILES string of the molecule is C[C@H](Oc1cc(Oc2c(C#N)c(C(F)(F)F)nn2C)c(Cl)cc1Cl)C(=O)O. The molecule has 12 heteroatoms. The van der Waals surface area contributed by atoms with Crippen LogP contribution >= 0.6 is 23.2 Å². The van der Waals surface area contributed by atoms with Crippen molar-refractivity contribution in [2.75, 3.05) is 0 Å². The van der Waals surface area contributed by atoms with Crippen molar-refractivity contribution >= 4 is 29.2 Å². The number of aryl methyl sites for hydroxylation is 1. The highest BCUT2D eigenvalue weighted by molar-refractivity contribution is 6.36. The standard InChI is InChI=1S/C15H10Cl2F3N3O4/c1-6(14(24)25)26-10-4-11(9(17)3-8(10)16)27-13-7(5-21)12(15(18,19)20)22-23(13)2/h3-4,6H,1-2H3,(H,24,25)/t6-/m0/s1. The lowest BCUT2D eigenvalue weighted by molar-refractivity contribution is -0.144. The molecule has 2 rings (SSSR count). The Morgan fingerprint density at radius 3 is 2.44 bits per heavy atom. The number of hydrogen-bond donors (Lipinski definition) is 1. The second-order valence-electron chi connectivity index (χ2n) is 5.18. The number of carboxylic acid groups (broad SMARTS) is 1. The van der Waals surface area contributed by atoms with Crippen LogP contribution < -0.4 is 9.47 Å². The van der Waals surface area contributed by atoms with Gasteiger partial charge in [0.15, 0.2) is 17.5 Å². The Kier molecular flexibility index (Phi) is 5.77. The van der Waals surface area contributed by atoms with Crippen molar-refractivity contribution in [3.8, 4) is 23.4 Å². The van der Waals surface area contributed by atoms with Crippen molar-refractivity contribution in [1.82, 2.24) is 9.78 Å². The third kappa shape index (κ3) is 4.37. The molecule has 0 aliphatic carbocycles. The first kappa shape index (κ1) is 20.7. The van der Waals surface area contributed by atoms with E-state index in [0.717, 1.165) is 23.9 Å². The fourth-order valence-electron chi connectivity index (χ4n) is 1.95. The molecule has 0 unspecified atom stereocenters. The molecule has 0 aliphatic heterocycles. The second kappa shape index (κ2) is 7.54. The van der Waals surface area contributed by atoms with Crippen molar-refractivity contribution < 1.29 is 32.5 Å². The lowest BCUT2D eigenvalue weighted by atomic mass is 10.2. The van der Waals surface area contributed by atoms with Crippen molar-refractivity contribution in [3.05, 3.63) is 33.4 Å². The Balaban J connectivity index is 2.48. The molecule has 0 bridgehead atoms. The summed E-state index contributed by atoms with van der Waals surface area (Å²) in [4.78, 5) is 10.9. The van der Waals surface area contributed by atoms with Gasteiger partial charge in [0.05, 0.1) is 10.0 Å². The minimum absolute atomic E-state index is 0.0399. The van der Waals surface area contributed by atoms with Crippen LogP contribution in [0.25, 0.3) is 0 Å². The fraction of sp³-hybridized carbons (Fsp3) is 0.267. The van der Waals surface area contributed by atoms with Crippen LogP contribution in [0.15, 0.2) is 12.1 Å². The summed E-state index contributed by atoms with van der Waals surface area (Å²) in [5.41, 5.74) is -2.25. The van der Waals surface area contributed by atoms with Crippen LogP contribution in [-0.4, -0.2) is 27.0 Å². The van der Waals surface area contributed by atoms with Crippen LogP contribution in [0.4, 0.5) is 13.2 Å². The first-order chi connectivity index (χ1) is 12.5. The number of carbonyl (C=O) groups is 1. The van der Waals surface area contributed by atoms with E-state index in [2.05, 4.69) is 5.10 Å². The predicted molar refractivity (Wildman–Crippen MR) is 87.2 cm³/mol. The molecule has 0 saturated carbocycles. The zero-order valence-corrected chi connectivity index (χ0v) is 15.1. The van der Waals surface area contributed by atoms with E-state index in [1.165, 1.54) is 13.0 Å². The Bertz CT molecular complexity index is 938.